The molecule has 4 rings (SSSR count). The Hall–Kier alpha value is -3.91. The van der Waals surface area contributed by atoms with Crippen LogP contribution >= 0.6 is 11.5 Å². The molecule has 0 spiro atoms. The number of ether oxygens (including phenoxy) is 2. The lowest BCUT2D eigenvalue weighted by Gasteiger charge is -2.11. The number of hydrogen-bond donors (Lipinski definition) is 2. The van der Waals surface area contributed by atoms with E-state index >= 15 is 0 Å². The van der Waals surface area contributed by atoms with Crippen LogP contribution in [0.15, 0.2) is 78.3 Å². The molecule has 0 atom stereocenters. The van der Waals surface area contributed by atoms with Crippen LogP contribution in [0.1, 0.15) is 16.1 Å². The fourth-order valence-corrected chi connectivity index (χ4v) is 3.29. The Morgan fingerprint density at radius 3 is 2.48 bits per heavy atom. The topological polar surface area (TPSA) is 85.4 Å². The molecular weight excluding hydrogens is 412 g/mol. The highest BCUT2D eigenvalue weighted by atomic mass is 32.1. The maximum absolute atomic E-state index is 12.7. The number of benzene rings is 2. The van der Waals surface area contributed by atoms with E-state index in [2.05, 4.69) is 20.0 Å². The van der Waals surface area contributed by atoms with Gasteiger partial charge in [0, 0.05) is 11.9 Å². The average Bonchev–Trinajstić information content (AvgIpc) is 3.32. The molecule has 0 unspecified atom stereocenters. The van der Waals surface area contributed by atoms with Crippen LogP contribution in [0.25, 0.3) is 0 Å². The van der Waals surface area contributed by atoms with E-state index in [1.807, 2.05) is 60.0 Å². The minimum absolute atomic E-state index is 0.208. The summed E-state index contributed by atoms with van der Waals surface area (Å²) in [5.74, 6) is 2.11. The summed E-state index contributed by atoms with van der Waals surface area (Å²) in [5.41, 5.74) is 1.96. The van der Waals surface area contributed by atoms with Gasteiger partial charge in [-0.3, -0.25) is 4.79 Å². The van der Waals surface area contributed by atoms with Gasteiger partial charge in [-0.15, -0.1) is 0 Å². The van der Waals surface area contributed by atoms with Gasteiger partial charge in [-0.05, 0) is 53.5 Å². The summed E-state index contributed by atoms with van der Waals surface area (Å²) in [6, 6.07) is 20.6. The number of nitrogens with one attached hydrogen (secondary N) is 2. The van der Waals surface area contributed by atoms with Gasteiger partial charge in [0.25, 0.3) is 5.91 Å². The van der Waals surface area contributed by atoms with Crippen molar-refractivity contribution >= 4 is 28.9 Å². The smallest absolute Gasteiger partial charge is 0.274 e. The SMILES string of the molecule is COc1ccc(Nc2cnsc2)nc1C(=O)NCc1ccc(Oc2ccccc2)cc1. The summed E-state index contributed by atoms with van der Waals surface area (Å²) < 4.78 is 15.1. The molecule has 0 bridgehead atoms. The van der Waals surface area contributed by atoms with Gasteiger partial charge in [-0.2, -0.15) is 4.37 Å². The van der Waals surface area contributed by atoms with Gasteiger partial charge in [0.2, 0.25) is 0 Å². The molecule has 8 heteroatoms. The van der Waals surface area contributed by atoms with Gasteiger partial charge in [-0.25, -0.2) is 4.98 Å². The Balaban J connectivity index is 1.39. The zero-order valence-corrected chi connectivity index (χ0v) is 17.6. The van der Waals surface area contributed by atoms with Crippen molar-refractivity contribution < 1.29 is 14.3 Å². The van der Waals surface area contributed by atoms with E-state index in [9.17, 15) is 4.79 Å². The third-order valence-corrected chi connectivity index (χ3v) is 4.94. The summed E-state index contributed by atoms with van der Waals surface area (Å²) >= 11 is 1.33. The first-order valence-corrected chi connectivity index (χ1v) is 10.4. The molecule has 2 aromatic carbocycles. The maximum atomic E-state index is 12.7. The second-order valence-corrected chi connectivity index (χ2v) is 7.18. The highest BCUT2D eigenvalue weighted by Gasteiger charge is 2.15. The zero-order valence-electron chi connectivity index (χ0n) is 16.7. The Morgan fingerprint density at radius 1 is 1.00 bits per heavy atom. The van der Waals surface area contributed by atoms with Crippen LogP contribution in [-0.2, 0) is 6.54 Å². The predicted octanol–water partition coefficient (Wildman–Crippen LogP) is 5.01. The zero-order chi connectivity index (χ0) is 21.5. The number of nitrogens with zero attached hydrogens (tertiary/aromatic N) is 2. The summed E-state index contributed by atoms with van der Waals surface area (Å²) in [6.07, 6.45) is 1.70. The lowest BCUT2D eigenvalue weighted by molar-refractivity contribution is 0.0942. The first-order chi connectivity index (χ1) is 15.2. The van der Waals surface area contributed by atoms with Gasteiger partial charge in [0.15, 0.2) is 5.69 Å². The number of anilines is 2. The number of methoxy groups -OCH3 is 1. The molecule has 0 saturated carbocycles. The van der Waals surface area contributed by atoms with Crippen LogP contribution in [0, 0.1) is 0 Å². The number of rotatable bonds is 8. The summed E-state index contributed by atoms with van der Waals surface area (Å²) in [4.78, 5) is 17.1. The van der Waals surface area contributed by atoms with Crippen LogP contribution in [0.4, 0.5) is 11.5 Å². The molecule has 4 aromatic rings. The van der Waals surface area contributed by atoms with E-state index in [1.165, 1.54) is 18.6 Å². The average molecular weight is 433 g/mol. The number of aromatic nitrogens is 2. The second kappa shape index (κ2) is 9.73. The summed E-state index contributed by atoms with van der Waals surface area (Å²) in [7, 11) is 1.51. The molecular formula is C23H20N4O3S. The van der Waals surface area contributed by atoms with Crippen molar-refractivity contribution in [3.63, 3.8) is 0 Å². The van der Waals surface area contributed by atoms with E-state index in [-0.39, 0.29) is 11.6 Å². The van der Waals surface area contributed by atoms with Crippen molar-refractivity contribution in [1.29, 1.82) is 0 Å². The van der Waals surface area contributed by atoms with Gasteiger partial charge >= 0.3 is 0 Å². The van der Waals surface area contributed by atoms with Gasteiger partial charge in [-0.1, -0.05) is 30.3 Å². The van der Waals surface area contributed by atoms with Gasteiger partial charge in [0.1, 0.15) is 23.1 Å². The number of para-hydroxylation sites is 1. The first-order valence-electron chi connectivity index (χ1n) is 9.53. The molecule has 31 heavy (non-hydrogen) atoms. The minimum atomic E-state index is -0.325. The van der Waals surface area contributed by atoms with Crippen molar-refractivity contribution in [3.8, 4) is 17.2 Å². The highest BCUT2D eigenvalue weighted by molar-refractivity contribution is 7.04. The maximum Gasteiger partial charge on any atom is 0.274 e. The largest absolute Gasteiger partial charge is 0.494 e. The molecule has 2 aromatic heterocycles. The van der Waals surface area contributed by atoms with Crippen molar-refractivity contribution in [2.45, 2.75) is 6.54 Å². The fourth-order valence-electron chi connectivity index (χ4n) is 2.82. The number of pyridine rings is 1. The molecule has 2 N–H and O–H groups in total. The molecule has 7 nitrogen and oxygen atoms in total. The summed E-state index contributed by atoms with van der Waals surface area (Å²) in [6.45, 7) is 0.349. The van der Waals surface area contributed by atoms with Crippen molar-refractivity contribution in [2.24, 2.45) is 0 Å². The van der Waals surface area contributed by atoms with Crippen molar-refractivity contribution in [3.05, 3.63) is 89.6 Å². The molecule has 0 aliphatic heterocycles. The number of hydrogen-bond acceptors (Lipinski definition) is 7. The third-order valence-electron chi connectivity index (χ3n) is 4.35. The van der Waals surface area contributed by atoms with Gasteiger partial charge < -0.3 is 20.1 Å². The van der Waals surface area contributed by atoms with Crippen LogP contribution in [0.2, 0.25) is 0 Å². The lowest BCUT2D eigenvalue weighted by atomic mass is 10.2. The monoisotopic (exact) mass is 432 g/mol. The standard InChI is InChI=1S/C23H20N4O3S/c1-29-20-11-12-21(26-17-14-25-31-15-17)27-22(20)23(28)24-13-16-7-9-19(10-8-16)30-18-5-3-2-4-6-18/h2-12,14-15H,13H2,1H3,(H,24,28)(H,26,27). The number of carbonyl (C=O) groups is 1. The van der Waals surface area contributed by atoms with Crippen LogP contribution < -0.4 is 20.1 Å². The Bertz CT molecular complexity index is 1130. The van der Waals surface area contributed by atoms with Crippen LogP contribution in [0.5, 0.6) is 17.2 Å². The molecule has 0 radical (unpaired) electrons. The number of amides is 1. The Morgan fingerprint density at radius 2 is 1.77 bits per heavy atom. The molecule has 0 aliphatic rings. The quantitative estimate of drug-likeness (QED) is 0.407. The van der Waals surface area contributed by atoms with E-state index in [4.69, 9.17) is 9.47 Å². The number of carbonyl (C=O) groups excluding carboxylic acids is 1. The first kappa shape index (κ1) is 20.4. The lowest BCUT2D eigenvalue weighted by Crippen LogP contribution is -2.24. The van der Waals surface area contributed by atoms with E-state index in [0.717, 1.165) is 22.7 Å². The molecule has 156 valence electrons. The molecule has 2 heterocycles. The Labute approximate surface area is 183 Å². The van der Waals surface area contributed by atoms with Crippen molar-refractivity contribution in [1.82, 2.24) is 14.7 Å². The molecule has 0 fully saturated rings. The van der Waals surface area contributed by atoms with E-state index in [0.29, 0.717) is 18.1 Å². The van der Waals surface area contributed by atoms with Crippen molar-refractivity contribution in [2.75, 3.05) is 12.4 Å². The Kier molecular flexibility index (Phi) is 6.39. The second-order valence-electron chi connectivity index (χ2n) is 6.53. The molecule has 0 saturated heterocycles. The molecule has 1 amide bonds. The minimum Gasteiger partial charge on any atom is -0.494 e. The van der Waals surface area contributed by atoms with Gasteiger partial charge in [0.05, 0.1) is 19.0 Å². The van der Waals surface area contributed by atoms with E-state index < -0.39 is 0 Å². The normalized spacial score (nSPS) is 10.4. The molecule has 0 aliphatic carbocycles. The van der Waals surface area contributed by atoms with Crippen LogP contribution in [-0.4, -0.2) is 22.4 Å². The third kappa shape index (κ3) is 5.37. The van der Waals surface area contributed by atoms with Crippen LogP contribution in [0.3, 0.4) is 0 Å². The summed E-state index contributed by atoms with van der Waals surface area (Å²) in [5, 5.41) is 7.86. The van der Waals surface area contributed by atoms with E-state index in [1.54, 1.807) is 18.3 Å². The highest BCUT2D eigenvalue weighted by Crippen LogP contribution is 2.23. The fraction of sp³-hybridized carbons (Fsp3) is 0.0870. The predicted molar refractivity (Wildman–Crippen MR) is 120 cm³/mol.